The molecule has 0 spiro atoms. The summed E-state index contributed by atoms with van der Waals surface area (Å²) in [4.78, 5) is 24.1. The number of carbonyl (C=O) groups is 2. The molecule has 0 aliphatic carbocycles. The lowest BCUT2D eigenvalue weighted by Crippen LogP contribution is -2.49. The van der Waals surface area contributed by atoms with Gasteiger partial charge in [0.05, 0.1) is 6.10 Å². The van der Waals surface area contributed by atoms with Crippen LogP contribution in [0.4, 0.5) is 0 Å². The first kappa shape index (κ1) is 22.4. The zero-order valence-corrected chi connectivity index (χ0v) is 17.8. The molecule has 0 aliphatic heterocycles. The zero-order valence-electron chi connectivity index (χ0n) is 16.2. The van der Waals surface area contributed by atoms with Crippen LogP contribution in [0.2, 0.25) is 5.02 Å². The Balaban J connectivity index is 1.77. The predicted octanol–water partition coefficient (Wildman–Crippen LogP) is 3.15. The van der Waals surface area contributed by atoms with Crippen LogP contribution in [0.1, 0.15) is 29.8 Å². The largest absolute Gasteiger partial charge is 0.491 e. The first-order valence-corrected chi connectivity index (χ1v) is 9.59. The van der Waals surface area contributed by atoms with Gasteiger partial charge >= 0.3 is 0 Å². The first-order valence-electron chi connectivity index (χ1n) is 8.80. The normalized spacial score (nSPS) is 10.2. The molecule has 2 aromatic carbocycles. The molecule has 0 heterocycles. The highest BCUT2D eigenvalue weighted by molar-refractivity contribution is 7.80. The number of hydrogen-bond donors (Lipinski definition) is 3. The number of rotatable bonds is 6. The lowest BCUT2D eigenvalue weighted by atomic mass is 10.2. The Morgan fingerprint density at radius 1 is 1.10 bits per heavy atom. The molecule has 0 bridgehead atoms. The summed E-state index contributed by atoms with van der Waals surface area (Å²) in [6.45, 7) is 5.39. The summed E-state index contributed by atoms with van der Waals surface area (Å²) in [6.07, 6.45) is -0.00901. The van der Waals surface area contributed by atoms with Crippen molar-refractivity contribution in [3.05, 3.63) is 58.6 Å². The molecular weight excluding hydrogens is 414 g/mol. The van der Waals surface area contributed by atoms with E-state index in [-0.39, 0.29) is 17.8 Å². The van der Waals surface area contributed by atoms with Gasteiger partial charge in [-0.05, 0) is 75.0 Å². The maximum atomic E-state index is 12.3. The van der Waals surface area contributed by atoms with Gasteiger partial charge in [0.15, 0.2) is 11.7 Å². The summed E-state index contributed by atoms with van der Waals surface area (Å²) in [6, 6.07) is 11.8. The third-order valence-electron chi connectivity index (χ3n) is 3.51. The predicted molar refractivity (Wildman–Crippen MR) is 115 cm³/mol. The number of amides is 2. The molecule has 7 nitrogen and oxygen atoms in total. The highest BCUT2D eigenvalue weighted by atomic mass is 35.5. The summed E-state index contributed by atoms with van der Waals surface area (Å²) in [7, 11) is 0. The minimum atomic E-state index is -0.471. The van der Waals surface area contributed by atoms with Crippen LogP contribution in [0.25, 0.3) is 0 Å². The Hall–Kier alpha value is -2.84. The van der Waals surface area contributed by atoms with Gasteiger partial charge in [-0.1, -0.05) is 17.7 Å². The van der Waals surface area contributed by atoms with E-state index in [4.69, 9.17) is 33.3 Å². The van der Waals surface area contributed by atoms with Crippen molar-refractivity contribution < 1.29 is 19.1 Å². The van der Waals surface area contributed by atoms with Gasteiger partial charge in [-0.3, -0.25) is 25.8 Å². The number of hydrazine groups is 1. The zero-order chi connectivity index (χ0) is 21.4. The van der Waals surface area contributed by atoms with E-state index in [1.807, 2.05) is 20.8 Å². The molecular formula is C20H22ClN3O4S. The van der Waals surface area contributed by atoms with E-state index in [1.54, 1.807) is 42.5 Å². The van der Waals surface area contributed by atoms with E-state index >= 15 is 0 Å². The Bertz CT molecular complexity index is 905. The van der Waals surface area contributed by atoms with Crippen LogP contribution < -0.4 is 25.6 Å². The number of hydrogen-bond acceptors (Lipinski definition) is 5. The van der Waals surface area contributed by atoms with Crippen LogP contribution in [-0.2, 0) is 4.79 Å². The monoisotopic (exact) mass is 435 g/mol. The molecule has 154 valence electrons. The van der Waals surface area contributed by atoms with E-state index in [0.29, 0.717) is 22.1 Å². The van der Waals surface area contributed by atoms with Crippen LogP contribution in [0.15, 0.2) is 42.5 Å². The van der Waals surface area contributed by atoms with Crippen molar-refractivity contribution in [1.29, 1.82) is 0 Å². The molecule has 2 rings (SSSR count). The van der Waals surface area contributed by atoms with Gasteiger partial charge in [0.2, 0.25) is 0 Å². The number of ether oxygens (including phenoxy) is 2. The first-order chi connectivity index (χ1) is 13.7. The summed E-state index contributed by atoms with van der Waals surface area (Å²) in [5, 5.41) is 3.04. The van der Waals surface area contributed by atoms with Crippen molar-refractivity contribution in [2.24, 2.45) is 0 Å². The summed E-state index contributed by atoms with van der Waals surface area (Å²) >= 11 is 11.0. The summed E-state index contributed by atoms with van der Waals surface area (Å²) in [5.74, 6) is 0.191. The molecule has 0 aliphatic rings. The minimum absolute atomic E-state index is 0.00901. The fourth-order valence-corrected chi connectivity index (χ4v) is 2.47. The Morgan fingerprint density at radius 2 is 1.86 bits per heavy atom. The smallest absolute Gasteiger partial charge is 0.276 e. The van der Waals surface area contributed by atoms with Crippen molar-refractivity contribution in [3.8, 4) is 11.5 Å². The van der Waals surface area contributed by atoms with Crippen molar-refractivity contribution in [1.82, 2.24) is 16.2 Å². The van der Waals surface area contributed by atoms with E-state index in [2.05, 4.69) is 16.2 Å². The standard InChI is InChI=1S/C20H22ClN3O4S/c1-12(2)28-16-6-4-5-14(10-16)19(26)22-20(29)24-23-18(25)11-27-15-7-8-17(21)13(3)9-15/h4-10,12H,11H2,1-3H3,(H,23,25)(H2,22,24,26,29). The maximum Gasteiger partial charge on any atom is 0.276 e. The van der Waals surface area contributed by atoms with Crippen molar-refractivity contribution in [2.75, 3.05) is 6.61 Å². The Labute approximate surface area is 179 Å². The number of thiocarbonyl (C=S) groups is 1. The molecule has 3 N–H and O–H groups in total. The number of aryl methyl sites for hydroxylation is 1. The molecule has 29 heavy (non-hydrogen) atoms. The van der Waals surface area contributed by atoms with Gasteiger partial charge in [-0.25, -0.2) is 0 Å². The van der Waals surface area contributed by atoms with Gasteiger partial charge in [0.25, 0.3) is 11.8 Å². The Morgan fingerprint density at radius 3 is 2.55 bits per heavy atom. The molecule has 9 heteroatoms. The van der Waals surface area contributed by atoms with Crippen LogP contribution in [0.5, 0.6) is 11.5 Å². The molecule has 0 unspecified atom stereocenters. The molecule has 0 radical (unpaired) electrons. The fraction of sp³-hybridized carbons (Fsp3) is 0.250. The van der Waals surface area contributed by atoms with E-state index in [0.717, 1.165) is 5.56 Å². The summed E-state index contributed by atoms with van der Waals surface area (Å²) < 4.78 is 10.9. The van der Waals surface area contributed by atoms with E-state index in [9.17, 15) is 9.59 Å². The van der Waals surface area contributed by atoms with Crippen molar-refractivity contribution in [3.63, 3.8) is 0 Å². The lowest BCUT2D eigenvalue weighted by molar-refractivity contribution is -0.123. The molecule has 2 aromatic rings. The number of halogens is 1. The summed E-state index contributed by atoms with van der Waals surface area (Å²) in [5.41, 5.74) is 6.02. The average molecular weight is 436 g/mol. The van der Waals surface area contributed by atoms with Crippen LogP contribution in [-0.4, -0.2) is 29.6 Å². The molecule has 0 atom stereocenters. The van der Waals surface area contributed by atoms with Gasteiger partial charge in [-0.2, -0.15) is 0 Å². The van der Waals surface area contributed by atoms with Crippen LogP contribution >= 0.6 is 23.8 Å². The number of nitrogens with one attached hydrogen (secondary N) is 3. The van der Waals surface area contributed by atoms with E-state index in [1.165, 1.54) is 0 Å². The quantitative estimate of drug-likeness (QED) is 0.477. The fourth-order valence-electron chi connectivity index (χ4n) is 2.21. The number of carbonyl (C=O) groups excluding carboxylic acids is 2. The molecule has 0 aromatic heterocycles. The molecule has 0 fully saturated rings. The van der Waals surface area contributed by atoms with Gasteiger partial charge in [0, 0.05) is 10.6 Å². The Kier molecular flexibility index (Phi) is 8.23. The maximum absolute atomic E-state index is 12.3. The lowest BCUT2D eigenvalue weighted by Gasteiger charge is -2.13. The minimum Gasteiger partial charge on any atom is -0.491 e. The topological polar surface area (TPSA) is 88.7 Å². The molecule has 0 saturated heterocycles. The van der Waals surface area contributed by atoms with Crippen LogP contribution in [0, 0.1) is 6.92 Å². The van der Waals surface area contributed by atoms with Gasteiger partial charge in [0.1, 0.15) is 11.5 Å². The molecule has 0 saturated carbocycles. The average Bonchev–Trinajstić information content (AvgIpc) is 2.67. The molecule has 2 amide bonds. The SMILES string of the molecule is Cc1cc(OCC(=O)NNC(=S)NC(=O)c2cccc(OC(C)C)c2)ccc1Cl. The van der Waals surface area contributed by atoms with Gasteiger partial charge < -0.3 is 9.47 Å². The van der Waals surface area contributed by atoms with Crippen molar-refractivity contribution in [2.45, 2.75) is 26.9 Å². The second-order valence-electron chi connectivity index (χ2n) is 6.35. The van der Waals surface area contributed by atoms with E-state index < -0.39 is 11.8 Å². The number of benzene rings is 2. The van der Waals surface area contributed by atoms with Crippen LogP contribution in [0.3, 0.4) is 0 Å². The van der Waals surface area contributed by atoms with Gasteiger partial charge in [-0.15, -0.1) is 0 Å². The second kappa shape index (κ2) is 10.6. The third kappa shape index (κ3) is 7.59. The highest BCUT2D eigenvalue weighted by Gasteiger charge is 2.10. The third-order valence-corrected chi connectivity index (χ3v) is 4.14. The van der Waals surface area contributed by atoms with Crippen molar-refractivity contribution >= 4 is 40.7 Å². The highest BCUT2D eigenvalue weighted by Crippen LogP contribution is 2.20. The second-order valence-corrected chi connectivity index (χ2v) is 7.17.